The highest BCUT2D eigenvalue weighted by Gasteiger charge is 2.34. The van der Waals surface area contributed by atoms with Gasteiger partial charge in [0.05, 0.1) is 29.9 Å². The van der Waals surface area contributed by atoms with Crippen molar-refractivity contribution in [2.45, 2.75) is 24.8 Å². The lowest BCUT2D eigenvalue weighted by molar-refractivity contribution is -0.148. The van der Waals surface area contributed by atoms with E-state index in [0.29, 0.717) is 22.9 Å². The number of anilines is 2. The number of benzene rings is 3. The Morgan fingerprint density at radius 2 is 1.78 bits per heavy atom. The number of sulfonamides is 1. The number of methoxy groups -OCH3 is 1. The van der Waals surface area contributed by atoms with E-state index in [-0.39, 0.29) is 18.0 Å². The fourth-order valence-electron chi connectivity index (χ4n) is 3.71. The first-order valence-corrected chi connectivity index (χ1v) is 12.6. The van der Waals surface area contributed by atoms with Crippen molar-refractivity contribution in [2.75, 3.05) is 29.9 Å². The summed E-state index contributed by atoms with van der Waals surface area (Å²) in [7, 11) is -2.55. The average Bonchev–Trinajstić information content (AvgIpc) is 2.88. The molecule has 1 N–H and O–H groups in total. The van der Waals surface area contributed by atoms with Crippen molar-refractivity contribution >= 4 is 33.3 Å². The van der Waals surface area contributed by atoms with E-state index >= 15 is 0 Å². The van der Waals surface area contributed by atoms with E-state index in [1.807, 2.05) is 26.0 Å². The van der Waals surface area contributed by atoms with Crippen molar-refractivity contribution in [1.29, 1.82) is 0 Å². The van der Waals surface area contributed by atoms with E-state index in [9.17, 15) is 18.0 Å². The molecule has 36 heavy (non-hydrogen) atoms. The molecule has 9 nitrogen and oxygen atoms in total. The highest BCUT2D eigenvalue weighted by atomic mass is 32.2. The molecule has 1 atom stereocenters. The van der Waals surface area contributed by atoms with Gasteiger partial charge in [-0.15, -0.1) is 0 Å². The van der Waals surface area contributed by atoms with Crippen LogP contribution in [0.5, 0.6) is 11.5 Å². The molecule has 0 aliphatic carbocycles. The maximum atomic E-state index is 13.0. The highest BCUT2D eigenvalue weighted by molar-refractivity contribution is 7.92. The highest BCUT2D eigenvalue weighted by Crippen LogP contribution is 2.33. The Bertz CT molecular complexity index is 1390. The van der Waals surface area contributed by atoms with Crippen molar-refractivity contribution in [3.8, 4) is 11.5 Å². The number of esters is 1. The number of rotatable bonds is 7. The Morgan fingerprint density at radius 3 is 2.50 bits per heavy atom. The van der Waals surface area contributed by atoms with E-state index in [4.69, 9.17) is 14.2 Å². The van der Waals surface area contributed by atoms with Gasteiger partial charge in [-0.05, 0) is 67.4 Å². The van der Waals surface area contributed by atoms with Crippen LogP contribution in [0.25, 0.3) is 0 Å². The molecule has 0 aromatic heterocycles. The number of aryl methyl sites for hydroxylation is 2. The second-order valence-corrected chi connectivity index (χ2v) is 9.97. The van der Waals surface area contributed by atoms with Crippen molar-refractivity contribution in [3.63, 3.8) is 0 Å². The number of hydrogen-bond acceptors (Lipinski definition) is 7. The van der Waals surface area contributed by atoms with E-state index < -0.39 is 28.0 Å². The lowest BCUT2D eigenvalue weighted by Gasteiger charge is -2.33. The predicted molar refractivity (Wildman–Crippen MR) is 134 cm³/mol. The molecule has 10 heteroatoms. The summed E-state index contributed by atoms with van der Waals surface area (Å²) in [6.07, 6.45) is -0.956. The zero-order valence-electron chi connectivity index (χ0n) is 20.1. The zero-order chi connectivity index (χ0) is 25.9. The summed E-state index contributed by atoms with van der Waals surface area (Å²) < 4.78 is 44.3. The molecule has 3 aromatic rings. The van der Waals surface area contributed by atoms with E-state index in [1.165, 1.54) is 36.3 Å². The molecule has 1 aliphatic rings. The number of carbonyl (C=O) groups is 2. The first-order valence-electron chi connectivity index (χ1n) is 11.1. The lowest BCUT2D eigenvalue weighted by Crippen LogP contribution is -2.48. The van der Waals surface area contributed by atoms with E-state index in [2.05, 4.69) is 4.72 Å². The normalized spacial score (nSPS) is 14.9. The molecule has 4 rings (SSSR count). The van der Waals surface area contributed by atoms with Crippen LogP contribution in [0, 0.1) is 13.8 Å². The number of carbonyl (C=O) groups excluding carboxylic acids is 2. The Balaban J connectivity index is 1.43. The Hall–Kier alpha value is -4.05. The summed E-state index contributed by atoms with van der Waals surface area (Å²) in [5.74, 6) is -0.277. The summed E-state index contributed by atoms with van der Waals surface area (Å²) in [6.45, 7) is 3.36. The molecule has 0 bridgehead atoms. The lowest BCUT2D eigenvalue weighted by atomic mass is 10.1. The van der Waals surface area contributed by atoms with Gasteiger partial charge in [0, 0.05) is 0 Å². The number of fused-ring (bicyclic) bond motifs is 1. The van der Waals surface area contributed by atoms with Crippen molar-refractivity contribution in [1.82, 2.24) is 0 Å². The number of amides is 1. The van der Waals surface area contributed by atoms with Crippen LogP contribution in [0.15, 0.2) is 71.6 Å². The van der Waals surface area contributed by atoms with Crippen LogP contribution in [0.3, 0.4) is 0 Å². The second kappa shape index (κ2) is 10.3. The van der Waals surface area contributed by atoms with Crippen LogP contribution >= 0.6 is 0 Å². The van der Waals surface area contributed by atoms with Crippen molar-refractivity contribution in [2.24, 2.45) is 0 Å². The summed E-state index contributed by atoms with van der Waals surface area (Å²) in [5, 5.41) is 0. The molecule has 188 valence electrons. The van der Waals surface area contributed by atoms with Gasteiger partial charge in [0.1, 0.15) is 11.5 Å². The molecular weight excluding hydrogens is 484 g/mol. The molecular formula is C26H26N2O7S. The van der Waals surface area contributed by atoms with Crippen molar-refractivity contribution < 1.29 is 32.2 Å². The smallest absolute Gasteiger partial charge is 0.348 e. The van der Waals surface area contributed by atoms with Gasteiger partial charge in [0.2, 0.25) is 6.10 Å². The third kappa shape index (κ3) is 5.44. The third-order valence-electron chi connectivity index (χ3n) is 5.67. The minimum atomic E-state index is -3.81. The molecule has 0 saturated carbocycles. The van der Waals surface area contributed by atoms with Crippen LogP contribution in [0.2, 0.25) is 0 Å². The largest absolute Gasteiger partial charge is 0.484 e. The number of nitrogens with one attached hydrogen (secondary N) is 1. The van der Waals surface area contributed by atoms with E-state index in [1.54, 1.807) is 30.3 Å². The first-order chi connectivity index (χ1) is 17.2. The molecule has 1 amide bonds. The maximum absolute atomic E-state index is 13.0. The molecule has 0 saturated heterocycles. The zero-order valence-corrected chi connectivity index (χ0v) is 20.9. The summed E-state index contributed by atoms with van der Waals surface area (Å²) in [4.78, 5) is 26.5. The van der Waals surface area contributed by atoms with Crippen LogP contribution < -0.4 is 19.1 Å². The second-order valence-electron chi connectivity index (χ2n) is 8.29. The Kier molecular flexibility index (Phi) is 7.16. The average molecular weight is 511 g/mol. The van der Waals surface area contributed by atoms with Crippen LogP contribution in [-0.4, -0.2) is 46.7 Å². The van der Waals surface area contributed by atoms with Gasteiger partial charge in [-0.3, -0.25) is 9.52 Å². The number of para-hydroxylation sites is 2. The number of ether oxygens (including phenoxy) is 3. The van der Waals surface area contributed by atoms with Gasteiger partial charge in [-0.2, -0.15) is 0 Å². The van der Waals surface area contributed by atoms with E-state index in [0.717, 1.165) is 11.1 Å². The standard InChI is InChI=1S/C26H26N2O7S/c1-17-8-9-18(2)21(14-17)27-36(31,32)20-12-10-19(11-13-20)34-16-25(29)28-15-24(26(30)33-3)35-23-7-5-4-6-22(23)28/h4-14,24,27H,15-16H2,1-3H3. The topological polar surface area (TPSA) is 111 Å². The van der Waals surface area contributed by atoms with Crippen LogP contribution in [0.1, 0.15) is 11.1 Å². The quantitative estimate of drug-likeness (QED) is 0.485. The molecule has 0 radical (unpaired) electrons. The third-order valence-corrected chi connectivity index (χ3v) is 7.05. The van der Waals surface area contributed by atoms with Crippen molar-refractivity contribution in [3.05, 3.63) is 77.9 Å². The molecule has 0 fully saturated rings. The fourth-order valence-corrected chi connectivity index (χ4v) is 4.83. The minimum absolute atomic E-state index is 0.0207. The minimum Gasteiger partial charge on any atom is -0.484 e. The molecule has 3 aromatic carbocycles. The monoisotopic (exact) mass is 510 g/mol. The SMILES string of the molecule is COC(=O)C1CN(C(=O)COc2ccc(S(=O)(=O)Nc3cc(C)ccc3C)cc2)c2ccccc2O1. The van der Waals surface area contributed by atoms with Gasteiger partial charge < -0.3 is 19.1 Å². The van der Waals surface area contributed by atoms with Gasteiger partial charge in [0.15, 0.2) is 6.61 Å². The molecule has 1 unspecified atom stereocenters. The van der Waals surface area contributed by atoms with Crippen LogP contribution in [-0.2, 0) is 24.3 Å². The summed E-state index contributed by atoms with van der Waals surface area (Å²) >= 11 is 0. The first kappa shape index (κ1) is 25.1. The van der Waals surface area contributed by atoms with Gasteiger partial charge in [0.25, 0.3) is 15.9 Å². The summed E-state index contributed by atoms with van der Waals surface area (Å²) in [6, 6.07) is 18.2. The van der Waals surface area contributed by atoms with Gasteiger partial charge >= 0.3 is 5.97 Å². The molecule has 1 aliphatic heterocycles. The summed E-state index contributed by atoms with van der Waals surface area (Å²) in [5.41, 5.74) is 2.77. The predicted octanol–water partition coefficient (Wildman–Crippen LogP) is 3.45. The maximum Gasteiger partial charge on any atom is 0.348 e. The Labute approximate surface area is 209 Å². The van der Waals surface area contributed by atoms with Gasteiger partial charge in [-0.1, -0.05) is 24.3 Å². The van der Waals surface area contributed by atoms with Gasteiger partial charge in [-0.25, -0.2) is 13.2 Å². The fraction of sp³-hybridized carbons (Fsp3) is 0.231. The van der Waals surface area contributed by atoms with Crippen LogP contribution in [0.4, 0.5) is 11.4 Å². The molecule has 0 spiro atoms. The number of nitrogens with zero attached hydrogens (tertiary/aromatic N) is 1. The Morgan fingerprint density at radius 1 is 1.06 bits per heavy atom. The molecule has 1 heterocycles. The number of hydrogen-bond donors (Lipinski definition) is 1.